The van der Waals surface area contributed by atoms with Crippen LogP contribution in [0.25, 0.3) is 0 Å². The van der Waals surface area contributed by atoms with Gasteiger partial charge in [-0.05, 0) is 0 Å². The van der Waals surface area contributed by atoms with E-state index in [0.717, 1.165) is 7.11 Å². The summed E-state index contributed by atoms with van der Waals surface area (Å²) in [7, 11) is 1.03. The first-order chi connectivity index (χ1) is 5.00. The number of esters is 1. The Morgan fingerprint density at radius 2 is 2.00 bits per heavy atom. The topological polar surface area (TPSA) is 110 Å². The fourth-order valence-corrected chi connectivity index (χ4v) is 0.402. The number of aliphatic hydroxyl groups is 1. The monoisotopic (exact) mass is 163 g/mol. The van der Waals surface area contributed by atoms with E-state index in [1.165, 1.54) is 0 Å². The maximum Gasteiger partial charge on any atom is 0.336 e. The molecule has 0 saturated carbocycles. The average Bonchev–Trinajstić information content (AvgIpc) is 2.00. The largest absolute Gasteiger partial charge is 0.480 e. The second-order valence-electron chi connectivity index (χ2n) is 1.83. The number of rotatable bonds is 3. The van der Waals surface area contributed by atoms with Gasteiger partial charge in [0.25, 0.3) is 0 Å². The predicted molar refractivity (Wildman–Crippen MR) is 33.6 cm³/mol. The minimum Gasteiger partial charge on any atom is -0.480 e. The number of hydrogen-bond acceptors (Lipinski definition) is 5. The van der Waals surface area contributed by atoms with Crippen LogP contribution in [0.3, 0.4) is 0 Å². The minimum absolute atomic E-state index is 1.03. The highest BCUT2D eigenvalue weighted by molar-refractivity contribution is 5.84. The van der Waals surface area contributed by atoms with Crippen LogP contribution in [0, 0.1) is 0 Å². The van der Waals surface area contributed by atoms with Crippen LogP contribution in [0.4, 0.5) is 0 Å². The van der Waals surface area contributed by atoms with Crippen LogP contribution < -0.4 is 5.73 Å². The normalized spacial score (nSPS) is 15.2. The smallest absolute Gasteiger partial charge is 0.336 e. The van der Waals surface area contributed by atoms with Crippen molar-refractivity contribution in [2.45, 2.75) is 12.1 Å². The molecular weight excluding hydrogens is 154 g/mol. The lowest BCUT2D eigenvalue weighted by Gasteiger charge is -2.11. The number of carboxylic acids is 1. The van der Waals surface area contributed by atoms with Gasteiger partial charge in [0.2, 0.25) is 0 Å². The van der Waals surface area contributed by atoms with Gasteiger partial charge >= 0.3 is 11.9 Å². The first-order valence-corrected chi connectivity index (χ1v) is 2.75. The third-order valence-electron chi connectivity index (χ3n) is 1.07. The van der Waals surface area contributed by atoms with E-state index in [2.05, 4.69) is 4.74 Å². The molecule has 0 aliphatic heterocycles. The molecule has 0 saturated heterocycles. The molecule has 0 spiro atoms. The zero-order valence-corrected chi connectivity index (χ0v) is 5.85. The molecule has 11 heavy (non-hydrogen) atoms. The second kappa shape index (κ2) is 3.89. The lowest BCUT2D eigenvalue weighted by atomic mass is 10.2. The van der Waals surface area contributed by atoms with Crippen LogP contribution >= 0.6 is 0 Å². The molecule has 0 fully saturated rings. The Hall–Kier alpha value is -1.14. The van der Waals surface area contributed by atoms with Crippen molar-refractivity contribution in [3.63, 3.8) is 0 Å². The van der Waals surface area contributed by atoms with Crippen molar-refractivity contribution in [2.24, 2.45) is 5.73 Å². The molecule has 4 N–H and O–H groups in total. The highest BCUT2D eigenvalue weighted by atomic mass is 16.5. The standard InChI is InChI=1S/C5H9NO5/c1-11-5(10)3(7)2(6)4(8)9/h2-3,7H,6H2,1H3,(H,8,9)/t2-,3-/m0/s1. The number of ether oxygens (including phenoxy) is 1. The summed E-state index contributed by atoms with van der Waals surface area (Å²) in [5, 5.41) is 17.0. The predicted octanol–water partition coefficient (Wildman–Crippen LogP) is -2.07. The quantitative estimate of drug-likeness (QED) is 0.412. The second-order valence-corrected chi connectivity index (χ2v) is 1.83. The van der Waals surface area contributed by atoms with Gasteiger partial charge in [0, 0.05) is 0 Å². The summed E-state index contributed by atoms with van der Waals surface area (Å²) in [6, 6.07) is -1.64. The molecule has 0 radical (unpaired) electrons. The molecule has 0 unspecified atom stereocenters. The molecule has 6 heteroatoms. The molecule has 0 aromatic rings. The van der Waals surface area contributed by atoms with E-state index in [-0.39, 0.29) is 0 Å². The highest BCUT2D eigenvalue weighted by Crippen LogP contribution is 1.92. The Morgan fingerprint density at radius 1 is 1.55 bits per heavy atom. The van der Waals surface area contributed by atoms with Gasteiger partial charge in [-0.15, -0.1) is 0 Å². The van der Waals surface area contributed by atoms with Gasteiger partial charge in [-0.1, -0.05) is 0 Å². The molecule has 2 atom stereocenters. The lowest BCUT2D eigenvalue weighted by molar-refractivity contribution is -0.157. The van der Waals surface area contributed by atoms with Crippen LogP contribution in [-0.2, 0) is 14.3 Å². The molecule has 64 valence electrons. The highest BCUT2D eigenvalue weighted by Gasteiger charge is 2.28. The number of aliphatic hydroxyl groups excluding tert-OH is 1. The summed E-state index contributed by atoms with van der Waals surface area (Å²) in [4.78, 5) is 20.5. The Kier molecular flexibility index (Phi) is 3.49. The molecule has 0 amide bonds. The molecule has 0 heterocycles. The van der Waals surface area contributed by atoms with Crippen LogP contribution in [0.1, 0.15) is 0 Å². The summed E-state index contributed by atoms with van der Waals surface area (Å²) >= 11 is 0. The molecule has 0 aromatic heterocycles. The van der Waals surface area contributed by atoms with Crippen molar-refractivity contribution in [3.8, 4) is 0 Å². The summed E-state index contributed by atoms with van der Waals surface area (Å²) < 4.78 is 4.05. The fourth-order valence-electron chi connectivity index (χ4n) is 0.402. The maximum atomic E-state index is 10.4. The maximum absolute atomic E-state index is 10.4. The Bertz CT molecular complexity index is 168. The fraction of sp³-hybridized carbons (Fsp3) is 0.600. The van der Waals surface area contributed by atoms with E-state index in [4.69, 9.17) is 15.9 Å². The Balaban J connectivity index is 4.12. The Labute approximate surface area is 62.6 Å². The van der Waals surface area contributed by atoms with Crippen LogP contribution in [0.2, 0.25) is 0 Å². The summed E-state index contributed by atoms with van der Waals surface area (Å²) in [6.07, 6.45) is -1.81. The number of carbonyl (C=O) groups is 2. The molecule has 0 aromatic carbocycles. The summed E-state index contributed by atoms with van der Waals surface area (Å²) in [5.74, 6) is -2.51. The van der Waals surface area contributed by atoms with Crippen LogP contribution in [0.15, 0.2) is 0 Å². The van der Waals surface area contributed by atoms with Gasteiger partial charge < -0.3 is 20.7 Å². The first kappa shape index (κ1) is 9.86. The zero-order valence-electron chi connectivity index (χ0n) is 5.85. The van der Waals surface area contributed by atoms with Crippen LogP contribution in [-0.4, -0.2) is 41.4 Å². The van der Waals surface area contributed by atoms with Gasteiger partial charge in [-0.3, -0.25) is 4.79 Å². The number of carbonyl (C=O) groups excluding carboxylic acids is 1. The summed E-state index contributed by atoms with van der Waals surface area (Å²) in [5.41, 5.74) is 4.89. The van der Waals surface area contributed by atoms with Gasteiger partial charge in [0.1, 0.15) is 6.04 Å². The molecule has 0 rings (SSSR count). The van der Waals surface area contributed by atoms with Gasteiger partial charge in [0.15, 0.2) is 6.10 Å². The SMILES string of the molecule is COC(=O)[C@@H](O)[C@H](N)C(=O)O. The molecule has 0 aliphatic rings. The minimum atomic E-state index is -1.81. The zero-order chi connectivity index (χ0) is 9.02. The average molecular weight is 163 g/mol. The van der Waals surface area contributed by atoms with E-state index >= 15 is 0 Å². The lowest BCUT2D eigenvalue weighted by Crippen LogP contribution is -2.46. The van der Waals surface area contributed by atoms with E-state index < -0.39 is 24.1 Å². The number of carboxylic acid groups (broad SMARTS) is 1. The van der Waals surface area contributed by atoms with Crippen molar-refractivity contribution < 1.29 is 24.5 Å². The molecular formula is C5H9NO5. The van der Waals surface area contributed by atoms with Gasteiger partial charge in [0.05, 0.1) is 7.11 Å². The van der Waals surface area contributed by atoms with Crippen molar-refractivity contribution >= 4 is 11.9 Å². The number of nitrogens with two attached hydrogens (primary N) is 1. The summed E-state index contributed by atoms with van der Waals surface area (Å²) in [6.45, 7) is 0. The third-order valence-corrected chi connectivity index (χ3v) is 1.07. The number of aliphatic carboxylic acids is 1. The van der Waals surface area contributed by atoms with E-state index in [1.54, 1.807) is 0 Å². The van der Waals surface area contributed by atoms with Gasteiger partial charge in [-0.25, -0.2) is 4.79 Å². The van der Waals surface area contributed by atoms with E-state index in [0.29, 0.717) is 0 Å². The van der Waals surface area contributed by atoms with Crippen molar-refractivity contribution in [1.29, 1.82) is 0 Å². The number of methoxy groups -OCH3 is 1. The van der Waals surface area contributed by atoms with E-state index in [9.17, 15) is 9.59 Å². The van der Waals surface area contributed by atoms with Crippen molar-refractivity contribution in [3.05, 3.63) is 0 Å². The molecule has 0 bridgehead atoms. The van der Waals surface area contributed by atoms with Gasteiger partial charge in [-0.2, -0.15) is 0 Å². The van der Waals surface area contributed by atoms with Crippen LogP contribution in [0.5, 0.6) is 0 Å². The van der Waals surface area contributed by atoms with Crippen molar-refractivity contribution in [1.82, 2.24) is 0 Å². The number of hydrogen-bond donors (Lipinski definition) is 3. The molecule has 6 nitrogen and oxygen atoms in total. The Morgan fingerprint density at radius 3 is 2.27 bits per heavy atom. The molecule has 0 aliphatic carbocycles. The first-order valence-electron chi connectivity index (χ1n) is 2.75. The van der Waals surface area contributed by atoms with Crippen molar-refractivity contribution in [2.75, 3.05) is 7.11 Å². The van der Waals surface area contributed by atoms with E-state index in [1.807, 2.05) is 0 Å². The third kappa shape index (κ3) is 2.52.